The first kappa shape index (κ1) is 18.1. The summed E-state index contributed by atoms with van der Waals surface area (Å²) in [6.45, 7) is 2.68. The van der Waals surface area contributed by atoms with Gasteiger partial charge in [0.1, 0.15) is 16.5 Å². The second kappa shape index (κ2) is 7.77. The van der Waals surface area contributed by atoms with Crippen LogP contribution in [0.1, 0.15) is 26.6 Å². The molecule has 8 heteroatoms. The highest BCUT2D eigenvalue weighted by Crippen LogP contribution is 2.34. The highest BCUT2D eigenvalue weighted by atomic mass is 32.1. The Morgan fingerprint density at radius 2 is 2.11 bits per heavy atom. The number of rotatable bonds is 5. The maximum absolute atomic E-state index is 12.4. The van der Waals surface area contributed by atoms with Gasteiger partial charge in [0.2, 0.25) is 0 Å². The van der Waals surface area contributed by atoms with Gasteiger partial charge in [-0.1, -0.05) is 6.07 Å². The molecule has 0 aliphatic carbocycles. The molecule has 1 aromatic carbocycles. The molecule has 0 unspecified atom stereocenters. The van der Waals surface area contributed by atoms with Crippen LogP contribution in [0, 0.1) is 6.92 Å². The van der Waals surface area contributed by atoms with E-state index in [9.17, 15) is 9.59 Å². The lowest BCUT2D eigenvalue weighted by Gasteiger charge is -2.29. The first-order valence-corrected chi connectivity index (χ1v) is 9.63. The molecule has 142 valence electrons. The van der Waals surface area contributed by atoms with Crippen LogP contribution in [-0.2, 0) is 17.9 Å². The maximum atomic E-state index is 12.4. The van der Waals surface area contributed by atoms with Gasteiger partial charge in [0.15, 0.2) is 6.61 Å². The van der Waals surface area contributed by atoms with Gasteiger partial charge in [0.05, 0.1) is 12.2 Å². The molecule has 0 bridgehead atoms. The topological polar surface area (TPSA) is 84.4 Å². The molecule has 3 heterocycles. The molecule has 4 rings (SSSR count). The van der Waals surface area contributed by atoms with Crippen molar-refractivity contribution in [3.63, 3.8) is 0 Å². The predicted octanol–water partition coefficient (Wildman–Crippen LogP) is 2.70. The smallest absolute Gasteiger partial charge is 0.271 e. The van der Waals surface area contributed by atoms with E-state index in [1.807, 2.05) is 37.3 Å². The second-order valence-electron chi connectivity index (χ2n) is 6.40. The van der Waals surface area contributed by atoms with Gasteiger partial charge in [-0.3, -0.25) is 19.5 Å². The molecule has 2 aromatic heterocycles. The van der Waals surface area contributed by atoms with Gasteiger partial charge in [0, 0.05) is 24.3 Å². The number of fused-ring (bicyclic) bond motifs is 1. The Kier molecular flexibility index (Phi) is 5.03. The van der Waals surface area contributed by atoms with Gasteiger partial charge in [-0.05, 0) is 42.3 Å². The fourth-order valence-electron chi connectivity index (χ4n) is 2.88. The summed E-state index contributed by atoms with van der Waals surface area (Å²) < 4.78 is 5.50. The summed E-state index contributed by atoms with van der Waals surface area (Å²) in [6, 6.07) is 9.42. The Labute approximate surface area is 166 Å². The third-order valence-electron chi connectivity index (χ3n) is 4.34. The van der Waals surface area contributed by atoms with Gasteiger partial charge in [-0.2, -0.15) is 0 Å². The number of hydrogen-bond donors (Lipinski definition) is 1. The summed E-state index contributed by atoms with van der Waals surface area (Å²) in [5, 5.41) is 5.24. The van der Waals surface area contributed by atoms with Gasteiger partial charge in [-0.15, -0.1) is 11.3 Å². The second-order valence-corrected chi connectivity index (χ2v) is 7.35. The normalized spacial score (nSPS) is 13.0. The minimum atomic E-state index is -0.246. The van der Waals surface area contributed by atoms with Crippen LogP contribution >= 0.6 is 11.3 Å². The molecule has 1 aliphatic rings. The van der Waals surface area contributed by atoms with Crippen molar-refractivity contribution in [2.75, 3.05) is 11.5 Å². The van der Waals surface area contributed by atoms with Crippen molar-refractivity contribution in [3.8, 4) is 5.75 Å². The van der Waals surface area contributed by atoms with Crippen LogP contribution in [0.2, 0.25) is 0 Å². The molecule has 0 fully saturated rings. The van der Waals surface area contributed by atoms with Crippen LogP contribution < -0.4 is 15.0 Å². The average Bonchev–Trinajstić information content (AvgIpc) is 3.18. The van der Waals surface area contributed by atoms with Crippen LogP contribution in [-0.4, -0.2) is 28.4 Å². The Bertz CT molecular complexity index is 1020. The van der Waals surface area contributed by atoms with Crippen molar-refractivity contribution in [2.45, 2.75) is 20.0 Å². The summed E-state index contributed by atoms with van der Waals surface area (Å²) in [7, 11) is 0. The Morgan fingerprint density at radius 1 is 1.29 bits per heavy atom. The maximum Gasteiger partial charge on any atom is 0.271 e. The number of amides is 2. The zero-order valence-electron chi connectivity index (χ0n) is 15.2. The molecule has 0 atom stereocenters. The van der Waals surface area contributed by atoms with E-state index in [1.54, 1.807) is 22.7 Å². The first-order chi connectivity index (χ1) is 13.6. The molecule has 1 aliphatic heterocycles. The number of hydrogen-bond acceptors (Lipinski definition) is 6. The van der Waals surface area contributed by atoms with Crippen molar-refractivity contribution >= 4 is 28.8 Å². The minimum absolute atomic E-state index is 0.000707. The summed E-state index contributed by atoms with van der Waals surface area (Å²) in [4.78, 5) is 34.7. The molecule has 0 radical (unpaired) electrons. The van der Waals surface area contributed by atoms with Gasteiger partial charge < -0.3 is 10.1 Å². The predicted molar refractivity (Wildman–Crippen MR) is 105 cm³/mol. The number of aryl methyl sites for hydroxylation is 1. The monoisotopic (exact) mass is 394 g/mol. The molecule has 3 aromatic rings. The number of ether oxygens (including phenoxy) is 1. The van der Waals surface area contributed by atoms with E-state index in [0.717, 1.165) is 16.8 Å². The number of pyridine rings is 1. The fraction of sp³-hybridized carbons (Fsp3) is 0.200. The van der Waals surface area contributed by atoms with E-state index in [4.69, 9.17) is 4.74 Å². The van der Waals surface area contributed by atoms with Crippen molar-refractivity contribution in [1.29, 1.82) is 0 Å². The summed E-state index contributed by atoms with van der Waals surface area (Å²) in [5.41, 5.74) is 3.08. The van der Waals surface area contributed by atoms with Crippen LogP contribution in [0.5, 0.6) is 5.75 Å². The largest absolute Gasteiger partial charge is 0.482 e. The van der Waals surface area contributed by atoms with Crippen molar-refractivity contribution < 1.29 is 14.3 Å². The molecule has 7 nitrogen and oxygen atoms in total. The number of carbonyl (C=O) groups excluding carboxylic acids is 2. The third-order valence-corrected chi connectivity index (χ3v) is 5.17. The average molecular weight is 394 g/mol. The summed E-state index contributed by atoms with van der Waals surface area (Å²) in [5.74, 6) is 0.304. The van der Waals surface area contributed by atoms with Crippen molar-refractivity contribution in [2.24, 2.45) is 0 Å². The lowest BCUT2D eigenvalue weighted by Crippen LogP contribution is -2.38. The first-order valence-electron chi connectivity index (χ1n) is 8.75. The SMILES string of the molecule is Cc1ccc2c(c1)N(Cc1nc(C(=O)NCc3ccncc3)cs1)C(=O)CO2. The van der Waals surface area contributed by atoms with E-state index < -0.39 is 0 Å². The summed E-state index contributed by atoms with van der Waals surface area (Å²) >= 11 is 1.36. The highest BCUT2D eigenvalue weighted by Gasteiger charge is 2.26. The van der Waals surface area contributed by atoms with Gasteiger partial charge in [0.25, 0.3) is 11.8 Å². The molecule has 1 N–H and O–H groups in total. The highest BCUT2D eigenvalue weighted by molar-refractivity contribution is 7.09. The van der Waals surface area contributed by atoms with E-state index in [0.29, 0.717) is 29.5 Å². The zero-order chi connectivity index (χ0) is 19.5. The van der Waals surface area contributed by atoms with E-state index in [-0.39, 0.29) is 18.4 Å². The van der Waals surface area contributed by atoms with Crippen molar-refractivity contribution in [3.05, 3.63) is 69.9 Å². The number of benzene rings is 1. The van der Waals surface area contributed by atoms with Crippen LogP contribution in [0.3, 0.4) is 0 Å². The summed E-state index contributed by atoms with van der Waals surface area (Å²) in [6.07, 6.45) is 3.36. The number of anilines is 1. The minimum Gasteiger partial charge on any atom is -0.482 e. The molecular formula is C20H18N4O3S. The fourth-order valence-corrected chi connectivity index (χ4v) is 3.64. The molecule has 0 spiro atoms. The molecule has 0 saturated carbocycles. The Morgan fingerprint density at radius 3 is 2.93 bits per heavy atom. The standard InChI is InChI=1S/C20H18N4O3S/c1-13-2-3-17-16(8-13)24(19(25)11-27-17)10-18-23-15(12-28-18)20(26)22-9-14-4-6-21-7-5-14/h2-8,12H,9-11H2,1H3,(H,22,26). The third kappa shape index (κ3) is 3.86. The molecule has 28 heavy (non-hydrogen) atoms. The van der Waals surface area contributed by atoms with E-state index in [1.165, 1.54) is 11.3 Å². The van der Waals surface area contributed by atoms with Gasteiger partial charge in [-0.25, -0.2) is 4.98 Å². The number of carbonyl (C=O) groups is 2. The lowest BCUT2D eigenvalue weighted by atomic mass is 10.1. The lowest BCUT2D eigenvalue weighted by molar-refractivity contribution is -0.121. The number of aromatic nitrogens is 2. The molecule has 2 amide bonds. The molecule has 0 saturated heterocycles. The van der Waals surface area contributed by atoms with Crippen LogP contribution in [0.15, 0.2) is 48.1 Å². The number of nitrogens with zero attached hydrogens (tertiary/aromatic N) is 3. The van der Waals surface area contributed by atoms with Crippen LogP contribution in [0.4, 0.5) is 5.69 Å². The van der Waals surface area contributed by atoms with Crippen molar-refractivity contribution in [1.82, 2.24) is 15.3 Å². The van der Waals surface area contributed by atoms with Crippen LogP contribution in [0.25, 0.3) is 0 Å². The quantitative estimate of drug-likeness (QED) is 0.719. The number of nitrogens with one attached hydrogen (secondary N) is 1. The van der Waals surface area contributed by atoms with Gasteiger partial charge >= 0.3 is 0 Å². The Balaban J connectivity index is 1.46. The zero-order valence-corrected chi connectivity index (χ0v) is 16.0. The number of thiazole rings is 1. The Hall–Kier alpha value is -3.26. The van der Waals surface area contributed by atoms with E-state index >= 15 is 0 Å². The molecular weight excluding hydrogens is 376 g/mol. The van der Waals surface area contributed by atoms with E-state index in [2.05, 4.69) is 15.3 Å².